The predicted octanol–water partition coefficient (Wildman–Crippen LogP) is 3.34. The van der Waals surface area contributed by atoms with Gasteiger partial charge >= 0.3 is 0 Å². The fourth-order valence-electron chi connectivity index (χ4n) is 2.60. The minimum absolute atomic E-state index is 0.0889. The molecule has 1 aromatic rings. The molecule has 0 radical (unpaired) electrons. The molecule has 0 fully saturated rings. The van der Waals surface area contributed by atoms with Crippen LogP contribution in [0.1, 0.15) is 26.3 Å². The fourth-order valence-corrected chi connectivity index (χ4v) is 2.60. The Labute approximate surface area is 150 Å². The molecule has 3 N–H and O–H groups in total. The van der Waals surface area contributed by atoms with Gasteiger partial charge in [0.25, 0.3) is 0 Å². The number of nitrogens with two attached hydrogens (primary N) is 1. The molecular formula is C21H29NO3. The van der Waals surface area contributed by atoms with Crippen molar-refractivity contribution in [1.29, 1.82) is 0 Å². The number of ether oxygens (including phenoxy) is 1. The Morgan fingerprint density at radius 1 is 1.20 bits per heavy atom. The maximum absolute atomic E-state index is 10.9. The lowest BCUT2D eigenvalue weighted by Crippen LogP contribution is -2.33. The van der Waals surface area contributed by atoms with E-state index in [0.29, 0.717) is 0 Å². The Hall–Kier alpha value is -2.17. The second-order valence-electron chi connectivity index (χ2n) is 6.33. The largest absolute Gasteiger partial charge is 0.392 e. The van der Waals surface area contributed by atoms with E-state index in [9.17, 15) is 9.90 Å². The summed E-state index contributed by atoms with van der Waals surface area (Å²) in [5.41, 5.74) is 6.97. The molecule has 1 amide bonds. The molecular weight excluding hydrogens is 314 g/mol. The van der Waals surface area contributed by atoms with Gasteiger partial charge in [0.2, 0.25) is 5.91 Å². The molecule has 4 nitrogen and oxygen atoms in total. The number of aliphatic hydroxyl groups excluding tert-OH is 1. The van der Waals surface area contributed by atoms with Crippen molar-refractivity contribution in [1.82, 2.24) is 0 Å². The third-order valence-electron chi connectivity index (χ3n) is 4.18. The zero-order valence-corrected chi connectivity index (χ0v) is 15.4. The third kappa shape index (κ3) is 7.50. The van der Waals surface area contributed by atoms with Gasteiger partial charge in [0.1, 0.15) is 0 Å². The number of benzene rings is 1. The van der Waals surface area contributed by atoms with Gasteiger partial charge in [-0.25, -0.2) is 0 Å². The van der Waals surface area contributed by atoms with Gasteiger partial charge in [-0.2, -0.15) is 0 Å². The van der Waals surface area contributed by atoms with E-state index in [-0.39, 0.29) is 17.9 Å². The quantitative estimate of drug-likeness (QED) is 0.533. The Morgan fingerprint density at radius 2 is 1.84 bits per heavy atom. The van der Waals surface area contributed by atoms with Gasteiger partial charge in [-0.05, 0) is 18.1 Å². The number of carbonyl (C=O) groups excluding carboxylic acids is 1. The molecule has 0 saturated heterocycles. The Bertz CT molecular complexity index is 619. The van der Waals surface area contributed by atoms with Crippen LogP contribution in [-0.4, -0.2) is 30.3 Å². The number of methoxy groups -OCH3 is 1. The van der Waals surface area contributed by atoms with Crippen LogP contribution in [0.4, 0.5) is 0 Å². The van der Waals surface area contributed by atoms with E-state index in [2.05, 4.69) is 0 Å². The first-order valence-corrected chi connectivity index (χ1v) is 8.45. The van der Waals surface area contributed by atoms with E-state index in [1.165, 1.54) is 6.08 Å². The highest BCUT2D eigenvalue weighted by atomic mass is 16.5. The first kappa shape index (κ1) is 20.9. The molecule has 0 unspecified atom stereocenters. The van der Waals surface area contributed by atoms with Crippen molar-refractivity contribution in [2.24, 2.45) is 17.6 Å². The Morgan fingerprint density at radius 3 is 2.40 bits per heavy atom. The monoisotopic (exact) mass is 343 g/mol. The van der Waals surface area contributed by atoms with Crippen LogP contribution in [-0.2, 0) is 9.53 Å². The van der Waals surface area contributed by atoms with E-state index in [4.69, 9.17) is 10.5 Å². The lowest BCUT2D eigenvalue weighted by Gasteiger charge is -2.27. The number of hydrogen-bond donors (Lipinski definition) is 2. The zero-order chi connectivity index (χ0) is 18.8. The smallest absolute Gasteiger partial charge is 0.241 e. The highest BCUT2D eigenvalue weighted by molar-refractivity contribution is 5.86. The fraction of sp³-hybridized carbons (Fsp3) is 0.381. The molecule has 25 heavy (non-hydrogen) atoms. The lowest BCUT2D eigenvalue weighted by molar-refractivity contribution is -0.113. The minimum atomic E-state index is -0.581. The van der Waals surface area contributed by atoms with Crippen LogP contribution in [0.15, 0.2) is 60.2 Å². The van der Waals surface area contributed by atoms with E-state index >= 15 is 0 Å². The first-order valence-electron chi connectivity index (χ1n) is 8.45. The summed E-state index contributed by atoms with van der Waals surface area (Å²) < 4.78 is 5.54. The molecule has 136 valence electrons. The molecule has 4 atom stereocenters. The minimum Gasteiger partial charge on any atom is -0.392 e. The van der Waals surface area contributed by atoms with Crippen molar-refractivity contribution in [3.63, 3.8) is 0 Å². The summed E-state index contributed by atoms with van der Waals surface area (Å²) in [7, 11) is 1.64. The molecule has 0 bridgehead atoms. The van der Waals surface area contributed by atoms with Crippen molar-refractivity contribution in [2.45, 2.75) is 33.0 Å². The SMILES string of the molecule is CO[C@@H](/C=C/c1ccccc1)[C@@H](C)[C@@H](O)[C@@H](C)/C=C/C(C)=C/C(N)=O. The molecule has 0 aliphatic heterocycles. The van der Waals surface area contributed by atoms with Gasteiger partial charge in [-0.1, -0.05) is 68.5 Å². The maximum atomic E-state index is 10.9. The van der Waals surface area contributed by atoms with Crippen LogP contribution in [0.3, 0.4) is 0 Å². The Kier molecular flexibility index (Phi) is 8.89. The summed E-state index contributed by atoms with van der Waals surface area (Å²) in [5, 5.41) is 10.6. The van der Waals surface area contributed by atoms with E-state index in [0.717, 1.165) is 11.1 Å². The molecule has 1 aromatic carbocycles. The number of carbonyl (C=O) groups is 1. The van der Waals surface area contributed by atoms with Gasteiger partial charge in [0, 0.05) is 25.0 Å². The van der Waals surface area contributed by atoms with Crippen LogP contribution in [0.25, 0.3) is 6.08 Å². The predicted molar refractivity (Wildman–Crippen MR) is 103 cm³/mol. The number of allylic oxidation sites excluding steroid dienone is 2. The standard InChI is InChI=1S/C21H29NO3/c1-15(14-20(22)23)10-11-16(2)21(24)17(3)19(25-4)13-12-18-8-6-5-7-9-18/h5-14,16-17,19,21,24H,1-4H3,(H2,22,23)/b11-10+,13-12+,15-14+/t16-,17+,19-,21-/m0/s1. The summed E-state index contributed by atoms with van der Waals surface area (Å²) in [6.07, 6.45) is 8.22. The summed E-state index contributed by atoms with van der Waals surface area (Å²) >= 11 is 0. The first-order chi connectivity index (χ1) is 11.8. The van der Waals surface area contributed by atoms with Crippen molar-refractivity contribution in [3.05, 3.63) is 65.8 Å². The van der Waals surface area contributed by atoms with E-state index in [1.54, 1.807) is 20.1 Å². The van der Waals surface area contributed by atoms with Crippen LogP contribution in [0, 0.1) is 11.8 Å². The van der Waals surface area contributed by atoms with Gasteiger partial charge < -0.3 is 15.6 Å². The van der Waals surface area contributed by atoms with Crippen molar-refractivity contribution >= 4 is 12.0 Å². The maximum Gasteiger partial charge on any atom is 0.241 e. The summed E-state index contributed by atoms with van der Waals surface area (Å²) in [4.78, 5) is 10.9. The highest BCUT2D eigenvalue weighted by Crippen LogP contribution is 2.21. The number of aliphatic hydroxyl groups is 1. The highest BCUT2D eigenvalue weighted by Gasteiger charge is 2.25. The summed E-state index contributed by atoms with van der Waals surface area (Å²) in [6.45, 7) is 5.69. The third-order valence-corrected chi connectivity index (χ3v) is 4.18. The van der Waals surface area contributed by atoms with Gasteiger partial charge in [0.15, 0.2) is 0 Å². The average molecular weight is 343 g/mol. The van der Waals surface area contributed by atoms with Gasteiger partial charge in [0.05, 0.1) is 12.2 Å². The van der Waals surface area contributed by atoms with Crippen LogP contribution in [0.2, 0.25) is 0 Å². The second-order valence-corrected chi connectivity index (χ2v) is 6.33. The molecule has 1 rings (SSSR count). The Balaban J connectivity index is 2.74. The van der Waals surface area contributed by atoms with Crippen molar-refractivity contribution in [3.8, 4) is 0 Å². The number of rotatable bonds is 9. The summed E-state index contributed by atoms with van der Waals surface area (Å²) in [6, 6.07) is 9.97. The van der Waals surface area contributed by atoms with Gasteiger partial charge in [-0.15, -0.1) is 0 Å². The molecule has 0 spiro atoms. The molecule has 0 saturated carbocycles. The van der Waals surface area contributed by atoms with Crippen molar-refractivity contribution in [2.75, 3.05) is 7.11 Å². The number of amides is 1. The van der Waals surface area contributed by atoms with Crippen LogP contribution < -0.4 is 5.73 Å². The average Bonchev–Trinajstić information content (AvgIpc) is 2.59. The second kappa shape index (κ2) is 10.6. The molecule has 0 aromatic heterocycles. The molecule has 0 aliphatic carbocycles. The van der Waals surface area contributed by atoms with E-state index in [1.807, 2.05) is 62.4 Å². The summed E-state index contributed by atoms with van der Waals surface area (Å²) in [5.74, 6) is -0.659. The number of hydrogen-bond acceptors (Lipinski definition) is 3. The zero-order valence-electron chi connectivity index (χ0n) is 15.4. The normalized spacial score (nSPS) is 17.6. The molecule has 4 heteroatoms. The van der Waals surface area contributed by atoms with E-state index < -0.39 is 12.0 Å². The lowest BCUT2D eigenvalue weighted by atomic mass is 9.88. The topological polar surface area (TPSA) is 72.6 Å². The van der Waals surface area contributed by atoms with Crippen LogP contribution >= 0.6 is 0 Å². The molecule has 0 heterocycles. The van der Waals surface area contributed by atoms with Crippen molar-refractivity contribution < 1.29 is 14.6 Å². The van der Waals surface area contributed by atoms with Gasteiger partial charge in [-0.3, -0.25) is 4.79 Å². The number of primary amides is 1. The van der Waals surface area contributed by atoms with Crippen LogP contribution in [0.5, 0.6) is 0 Å². The molecule has 0 aliphatic rings.